The van der Waals surface area contributed by atoms with E-state index in [2.05, 4.69) is 34.3 Å². The van der Waals surface area contributed by atoms with Crippen molar-refractivity contribution in [3.63, 3.8) is 0 Å². The lowest BCUT2D eigenvalue weighted by Crippen LogP contribution is -2.40. The molecule has 2 aromatic carbocycles. The summed E-state index contributed by atoms with van der Waals surface area (Å²) in [5.41, 5.74) is 1.60. The van der Waals surface area contributed by atoms with E-state index in [9.17, 15) is 4.79 Å². The van der Waals surface area contributed by atoms with Crippen LogP contribution in [0.25, 0.3) is 10.8 Å². The van der Waals surface area contributed by atoms with Crippen molar-refractivity contribution < 1.29 is 4.79 Å². The van der Waals surface area contributed by atoms with Gasteiger partial charge in [0.25, 0.3) is 5.91 Å². The van der Waals surface area contributed by atoms with Crippen molar-refractivity contribution >= 4 is 22.4 Å². The van der Waals surface area contributed by atoms with Gasteiger partial charge in [-0.25, -0.2) is 0 Å². The fraction of sp³-hybridized carbons (Fsp3) is 0.200. The maximum Gasteiger partial charge on any atom is 0.270 e. The Hall–Kier alpha value is -2.88. The Labute approximate surface area is 142 Å². The molecule has 0 radical (unpaired) electrons. The number of rotatable bonds is 5. The van der Waals surface area contributed by atoms with E-state index in [1.807, 2.05) is 55.6 Å². The number of carbonyl (C=O) groups excluding carboxylic acids is 1. The Bertz CT molecular complexity index is 827. The predicted octanol–water partition coefficient (Wildman–Crippen LogP) is 3.49. The van der Waals surface area contributed by atoms with Gasteiger partial charge in [-0.1, -0.05) is 42.5 Å². The lowest BCUT2D eigenvalue weighted by Gasteiger charge is -2.27. The number of pyridine rings is 1. The van der Waals surface area contributed by atoms with Gasteiger partial charge in [0.2, 0.25) is 0 Å². The normalized spacial score (nSPS) is 11.9. The van der Waals surface area contributed by atoms with Crippen molar-refractivity contribution in [1.29, 1.82) is 0 Å². The highest BCUT2D eigenvalue weighted by Gasteiger charge is 2.14. The molecule has 1 atom stereocenters. The largest absolute Gasteiger partial charge is 0.370 e. The monoisotopic (exact) mass is 319 g/mol. The number of amides is 1. The number of carbonyl (C=O) groups is 1. The van der Waals surface area contributed by atoms with Crippen molar-refractivity contribution in [2.45, 2.75) is 13.0 Å². The standard InChI is InChI=1S/C20H21N3O/c1-15(23(2)17-9-4-3-5-10-17)14-22-20(24)19-18-11-7-6-8-16(18)12-13-21-19/h3-13,15H,14H2,1-2H3,(H,22,24). The molecule has 1 heterocycles. The highest BCUT2D eigenvalue weighted by atomic mass is 16.1. The maximum absolute atomic E-state index is 12.5. The van der Waals surface area contributed by atoms with E-state index >= 15 is 0 Å². The minimum atomic E-state index is -0.139. The number of nitrogens with zero attached hydrogens (tertiary/aromatic N) is 2. The van der Waals surface area contributed by atoms with Crippen molar-refractivity contribution in [2.24, 2.45) is 0 Å². The molecule has 0 aliphatic rings. The van der Waals surface area contributed by atoms with E-state index in [0.717, 1.165) is 16.5 Å². The Kier molecular flexibility index (Phi) is 4.75. The van der Waals surface area contributed by atoms with Crippen molar-refractivity contribution in [2.75, 3.05) is 18.5 Å². The van der Waals surface area contributed by atoms with E-state index in [0.29, 0.717) is 12.2 Å². The number of fused-ring (bicyclic) bond motifs is 1. The van der Waals surface area contributed by atoms with Gasteiger partial charge in [0.15, 0.2) is 0 Å². The molecule has 1 aromatic heterocycles. The Morgan fingerprint density at radius 3 is 2.58 bits per heavy atom. The molecular formula is C20H21N3O. The summed E-state index contributed by atoms with van der Waals surface area (Å²) in [5, 5.41) is 4.90. The first kappa shape index (κ1) is 16.0. The third-order valence-corrected chi connectivity index (χ3v) is 4.27. The van der Waals surface area contributed by atoms with Crippen LogP contribution in [0.5, 0.6) is 0 Å². The zero-order valence-corrected chi connectivity index (χ0v) is 13.9. The molecule has 0 saturated carbocycles. The molecule has 0 aliphatic heterocycles. The van der Waals surface area contributed by atoms with Crippen LogP contribution in [0.2, 0.25) is 0 Å². The molecule has 0 saturated heterocycles. The summed E-state index contributed by atoms with van der Waals surface area (Å²) in [7, 11) is 2.03. The highest BCUT2D eigenvalue weighted by Crippen LogP contribution is 2.17. The number of nitrogens with one attached hydrogen (secondary N) is 1. The van der Waals surface area contributed by atoms with Gasteiger partial charge in [-0.15, -0.1) is 0 Å². The van der Waals surface area contributed by atoms with Crippen LogP contribution in [-0.4, -0.2) is 30.5 Å². The molecule has 0 spiro atoms. The van der Waals surface area contributed by atoms with E-state index in [-0.39, 0.29) is 11.9 Å². The number of anilines is 1. The number of aromatic nitrogens is 1. The first-order chi connectivity index (χ1) is 11.7. The fourth-order valence-corrected chi connectivity index (χ4v) is 2.68. The summed E-state index contributed by atoms with van der Waals surface area (Å²) in [6, 6.07) is 20.0. The van der Waals surface area contributed by atoms with Gasteiger partial charge in [-0.3, -0.25) is 9.78 Å². The zero-order chi connectivity index (χ0) is 16.9. The van der Waals surface area contributed by atoms with Gasteiger partial charge in [-0.2, -0.15) is 0 Å². The van der Waals surface area contributed by atoms with Gasteiger partial charge in [0.1, 0.15) is 5.69 Å². The van der Waals surface area contributed by atoms with Crippen LogP contribution in [0.3, 0.4) is 0 Å². The van der Waals surface area contributed by atoms with E-state index in [4.69, 9.17) is 0 Å². The van der Waals surface area contributed by atoms with Crippen molar-refractivity contribution in [3.8, 4) is 0 Å². The first-order valence-corrected chi connectivity index (χ1v) is 8.06. The second kappa shape index (κ2) is 7.13. The number of para-hydroxylation sites is 1. The molecular weight excluding hydrogens is 298 g/mol. The number of hydrogen-bond acceptors (Lipinski definition) is 3. The molecule has 4 heteroatoms. The summed E-state index contributed by atoms with van der Waals surface area (Å²) in [4.78, 5) is 18.9. The zero-order valence-electron chi connectivity index (χ0n) is 13.9. The summed E-state index contributed by atoms with van der Waals surface area (Å²) in [5.74, 6) is -0.139. The number of hydrogen-bond donors (Lipinski definition) is 1. The molecule has 0 fully saturated rings. The Balaban J connectivity index is 1.69. The van der Waals surface area contributed by atoms with E-state index < -0.39 is 0 Å². The smallest absolute Gasteiger partial charge is 0.270 e. The Morgan fingerprint density at radius 1 is 1.08 bits per heavy atom. The molecule has 0 aliphatic carbocycles. The van der Waals surface area contributed by atoms with Crippen molar-refractivity contribution in [1.82, 2.24) is 10.3 Å². The van der Waals surface area contributed by atoms with Crippen LogP contribution < -0.4 is 10.2 Å². The van der Waals surface area contributed by atoms with E-state index in [1.165, 1.54) is 0 Å². The van der Waals surface area contributed by atoms with Gasteiger partial charge >= 0.3 is 0 Å². The molecule has 4 nitrogen and oxygen atoms in total. The van der Waals surface area contributed by atoms with Crippen molar-refractivity contribution in [3.05, 3.63) is 72.6 Å². The van der Waals surface area contributed by atoms with Crippen LogP contribution in [0, 0.1) is 0 Å². The van der Waals surface area contributed by atoms with E-state index in [1.54, 1.807) is 6.20 Å². The molecule has 3 rings (SSSR count). The second-order valence-corrected chi connectivity index (χ2v) is 5.89. The lowest BCUT2D eigenvalue weighted by atomic mass is 10.1. The number of likely N-dealkylation sites (N-methyl/N-ethyl adjacent to an activating group) is 1. The lowest BCUT2D eigenvalue weighted by molar-refractivity contribution is 0.0948. The Morgan fingerprint density at radius 2 is 1.79 bits per heavy atom. The molecule has 24 heavy (non-hydrogen) atoms. The average Bonchev–Trinajstić information content (AvgIpc) is 2.65. The van der Waals surface area contributed by atoms with Gasteiger partial charge < -0.3 is 10.2 Å². The molecule has 1 N–H and O–H groups in total. The number of benzene rings is 2. The predicted molar refractivity (Wildman–Crippen MR) is 98.4 cm³/mol. The maximum atomic E-state index is 12.5. The van der Waals surface area contributed by atoms with Crippen LogP contribution in [-0.2, 0) is 0 Å². The quantitative estimate of drug-likeness (QED) is 0.783. The third-order valence-electron chi connectivity index (χ3n) is 4.27. The van der Waals surface area contributed by atoms with Crippen LogP contribution in [0.15, 0.2) is 66.9 Å². The van der Waals surface area contributed by atoms with Crippen LogP contribution in [0.4, 0.5) is 5.69 Å². The average molecular weight is 319 g/mol. The summed E-state index contributed by atoms with van der Waals surface area (Å²) >= 11 is 0. The molecule has 122 valence electrons. The molecule has 1 amide bonds. The van der Waals surface area contributed by atoms with Crippen LogP contribution >= 0.6 is 0 Å². The van der Waals surface area contributed by atoms with Gasteiger partial charge in [0, 0.05) is 36.9 Å². The SMILES string of the molecule is CC(CNC(=O)c1nccc2ccccc12)N(C)c1ccccc1. The summed E-state index contributed by atoms with van der Waals surface area (Å²) in [6.45, 7) is 2.64. The summed E-state index contributed by atoms with van der Waals surface area (Å²) < 4.78 is 0. The molecule has 3 aromatic rings. The highest BCUT2D eigenvalue weighted by molar-refractivity contribution is 6.05. The molecule has 1 unspecified atom stereocenters. The topological polar surface area (TPSA) is 45.2 Å². The third kappa shape index (κ3) is 3.38. The van der Waals surface area contributed by atoms with Gasteiger partial charge in [-0.05, 0) is 30.5 Å². The first-order valence-electron chi connectivity index (χ1n) is 8.06. The van der Waals surface area contributed by atoms with Crippen LogP contribution in [0.1, 0.15) is 17.4 Å². The second-order valence-electron chi connectivity index (χ2n) is 5.89. The minimum Gasteiger partial charge on any atom is -0.370 e. The minimum absolute atomic E-state index is 0.139. The summed E-state index contributed by atoms with van der Waals surface area (Å²) in [6.07, 6.45) is 1.68. The van der Waals surface area contributed by atoms with Gasteiger partial charge in [0.05, 0.1) is 0 Å². The fourth-order valence-electron chi connectivity index (χ4n) is 2.68. The molecule has 0 bridgehead atoms.